The van der Waals surface area contributed by atoms with Crippen molar-refractivity contribution in [3.63, 3.8) is 0 Å². The molecule has 0 aromatic heterocycles. The largest absolute Gasteiger partial charge is 0.480 e. The number of rotatable bonds is 5. The molecule has 0 spiro atoms. The van der Waals surface area contributed by atoms with Crippen molar-refractivity contribution < 1.29 is 19.8 Å². The van der Waals surface area contributed by atoms with Crippen LogP contribution in [0.2, 0.25) is 0 Å². The van der Waals surface area contributed by atoms with Gasteiger partial charge in [0, 0.05) is 5.57 Å². The van der Waals surface area contributed by atoms with Crippen LogP contribution in [-0.2, 0) is 9.59 Å². The summed E-state index contributed by atoms with van der Waals surface area (Å²) in [4.78, 5) is 21.5. The number of hydrogen-bond donors (Lipinski definition) is 2. The number of carbonyl (C=O) groups is 2. The highest BCUT2D eigenvalue weighted by Gasteiger charge is 2.02. The maximum absolute atomic E-state index is 10.1. The first-order valence-corrected chi connectivity index (χ1v) is 4.68. The average molecular weight is 217 g/mol. The van der Waals surface area contributed by atoms with Crippen molar-refractivity contribution in [3.05, 3.63) is 12.2 Å². The molecule has 0 saturated heterocycles. The standard InChI is InChI=1S/C6H13NO2.C4H6O2/c1-3-7(4-2)5-6(8)9;1-3(2)4(5)6/h3-5H2,1-2H3,(H,8,9);1H2,2H3,(H,5,6). The van der Waals surface area contributed by atoms with Gasteiger partial charge in [0.25, 0.3) is 0 Å². The second-order valence-electron chi connectivity index (χ2n) is 2.94. The third-order valence-electron chi connectivity index (χ3n) is 1.62. The molecule has 5 nitrogen and oxygen atoms in total. The lowest BCUT2D eigenvalue weighted by atomic mass is 10.4. The fourth-order valence-corrected chi connectivity index (χ4v) is 0.639. The van der Waals surface area contributed by atoms with Gasteiger partial charge in [-0.2, -0.15) is 0 Å². The molecular formula is C10H19NO4. The van der Waals surface area contributed by atoms with Crippen molar-refractivity contribution in [2.45, 2.75) is 20.8 Å². The van der Waals surface area contributed by atoms with Gasteiger partial charge in [-0.1, -0.05) is 20.4 Å². The lowest BCUT2D eigenvalue weighted by molar-refractivity contribution is -0.138. The van der Waals surface area contributed by atoms with Crippen molar-refractivity contribution in [1.29, 1.82) is 0 Å². The fraction of sp³-hybridized carbons (Fsp3) is 0.600. The van der Waals surface area contributed by atoms with Crippen LogP contribution in [-0.4, -0.2) is 46.7 Å². The van der Waals surface area contributed by atoms with Crippen molar-refractivity contribution in [2.24, 2.45) is 0 Å². The van der Waals surface area contributed by atoms with Crippen LogP contribution >= 0.6 is 0 Å². The minimum atomic E-state index is -0.935. The molecule has 0 aliphatic heterocycles. The number of carboxylic acids is 2. The highest BCUT2D eigenvalue weighted by Crippen LogP contribution is 1.84. The van der Waals surface area contributed by atoms with Gasteiger partial charge in [-0.25, -0.2) is 4.79 Å². The maximum Gasteiger partial charge on any atom is 0.330 e. The highest BCUT2D eigenvalue weighted by atomic mass is 16.4. The molecular weight excluding hydrogens is 198 g/mol. The molecule has 5 heteroatoms. The van der Waals surface area contributed by atoms with Crippen molar-refractivity contribution in [2.75, 3.05) is 19.6 Å². The Labute approximate surface area is 90.0 Å². The van der Waals surface area contributed by atoms with E-state index in [9.17, 15) is 9.59 Å². The minimum Gasteiger partial charge on any atom is -0.480 e. The van der Waals surface area contributed by atoms with E-state index in [-0.39, 0.29) is 12.1 Å². The highest BCUT2D eigenvalue weighted by molar-refractivity contribution is 5.84. The third kappa shape index (κ3) is 12.6. The zero-order chi connectivity index (χ0) is 12.4. The molecule has 0 amide bonds. The van der Waals surface area contributed by atoms with E-state index < -0.39 is 11.9 Å². The number of hydrogen-bond acceptors (Lipinski definition) is 3. The van der Waals surface area contributed by atoms with Crippen molar-refractivity contribution >= 4 is 11.9 Å². The topological polar surface area (TPSA) is 77.8 Å². The Morgan fingerprint density at radius 1 is 1.20 bits per heavy atom. The second-order valence-corrected chi connectivity index (χ2v) is 2.94. The molecule has 88 valence electrons. The maximum atomic E-state index is 10.1. The van der Waals surface area contributed by atoms with Gasteiger partial charge < -0.3 is 10.2 Å². The van der Waals surface area contributed by atoms with Crippen LogP contribution in [0.15, 0.2) is 12.2 Å². The normalized spacial score (nSPS) is 9.07. The molecule has 0 aliphatic rings. The van der Waals surface area contributed by atoms with Crippen LogP contribution in [0.5, 0.6) is 0 Å². The summed E-state index contributed by atoms with van der Waals surface area (Å²) in [5, 5.41) is 16.2. The third-order valence-corrected chi connectivity index (χ3v) is 1.62. The van der Waals surface area contributed by atoms with E-state index in [0.29, 0.717) is 0 Å². The molecule has 15 heavy (non-hydrogen) atoms. The van der Waals surface area contributed by atoms with Crippen LogP contribution in [0.25, 0.3) is 0 Å². The van der Waals surface area contributed by atoms with E-state index >= 15 is 0 Å². The van der Waals surface area contributed by atoms with Gasteiger partial charge in [0.05, 0.1) is 6.54 Å². The molecule has 2 N–H and O–H groups in total. The summed E-state index contributed by atoms with van der Waals surface area (Å²) >= 11 is 0. The Kier molecular flexibility index (Phi) is 9.87. The van der Waals surface area contributed by atoms with E-state index in [1.54, 1.807) is 0 Å². The molecule has 0 bridgehead atoms. The zero-order valence-electron chi connectivity index (χ0n) is 9.49. The Balaban J connectivity index is 0. The SMILES string of the molecule is C=C(C)C(=O)O.CCN(CC)CC(=O)O. The van der Waals surface area contributed by atoms with Crippen LogP contribution in [0.1, 0.15) is 20.8 Å². The first-order chi connectivity index (χ1) is 6.84. The smallest absolute Gasteiger partial charge is 0.330 e. The molecule has 0 aromatic rings. The van der Waals surface area contributed by atoms with Crippen molar-refractivity contribution in [1.82, 2.24) is 4.90 Å². The fourth-order valence-electron chi connectivity index (χ4n) is 0.639. The van der Waals surface area contributed by atoms with Gasteiger partial charge in [0.15, 0.2) is 0 Å². The number of aliphatic carboxylic acids is 2. The zero-order valence-corrected chi connectivity index (χ0v) is 9.49. The molecule has 0 rings (SSSR count). The quantitative estimate of drug-likeness (QED) is 0.673. The number of nitrogens with zero attached hydrogens (tertiary/aromatic N) is 1. The average Bonchev–Trinajstić information content (AvgIpc) is 2.14. The molecule has 0 fully saturated rings. The monoisotopic (exact) mass is 217 g/mol. The van der Waals surface area contributed by atoms with E-state index in [0.717, 1.165) is 13.1 Å². The Bertz CT molecular complexity index is 209. The molecule has 0 saturated carbocycles. The summed E-state index contributed by atoms with van der Waals surface area (Å²) < 4.78 is 0. The minimum absolute atomic E-state index is 0.160. The first kappa shape index (κ1) is 16.1. The summed E-state index contributed by atoms with van der Waals surface area (Å²) in [5.74, 6) is -1.69. The van der Waals surface area contributed by atoms with Crippen LogP contribution in [0, 0.1) is 0 Å². The molecule has 0 atom stereocenters. The van der Waals surface area contributed by atoms with E-state index in [1.807, 2.05) is 18.7 Å². The summed E-state index contributed by atoms with van der Waals surface area (Å²) in [6.07, 6.45) is 0. The summed E-state index contributed by atoms with van der Waals surface area (Å²) in [6.45, 7) is 10.3. The van der Waals surface area contributed by atoms with Gasteiger partial charge >= 0.3 is 11.9 Å². The summed E-state index contributed by atoms with van der Waals surface area (Å²) in [6, 6.07) is 0. The van der Waals surface area contributed by atoms with Gasteiger partial charge in [-0.05, 0) is 20.0 Å². The Hall–Kier alpha value is -1.36. The van der Waals surface area contributed by atoms with Crippen LogP contribution in [0.3, 0.4) is 0 Å². The molecule has 0 radical (unpaired) electrons. The molecule has 0 aromatic carbocycles. The summed E-state index contributed by atoms with van der Waals surface area (Å²) in [5.41, 5.74) is 0.176. The lowest BCUT2D eigenvalue weighted by Gasteiger charge is -2.13. The second kappa shape index (κ2) is 9.21. The lowest BCUT2D eigenvalue weighted by Crippen LogP contribution is -2.29. The summed E-state index contributed by atoms with van der Waals surface area (Å²) in [7, 11) is 0. The number of likely N-dealkylation sites (N-methyl/N-ethyl adjacent to an activating group) is 1. The molecule has 0 aliphatic carbocycles. The van der Waals surface area contributed by atoms with Gasteiger partial charge in [-0.15, -0.1) is 0 Å². The Morgan fingerprint density at radius 3 is 1.60 bits per heavy atom. The predicted octanol–water partition coefficient (Wildman–Crippen LogP) is 1.06. The Morgan fingerprint density at radius 2 is 1.53 bits per heavy atom. The van der Waals surface area contributed by atoms with E-state index in [4.69, 9.17) is 10.2 Å². The van der Waals surface area contributed by atoms with Gasteiger partial charge in [-0.3, -0.25) is 9.69 Å². The van der Waals surface area contributed by atoms with Gasteiger partial charge in [0.2, 0.25) is 0 Å². The number of carboxylic acid groups (broad SMARTS) is 2. The molecule has 0 unspecified atom stereocenters. The predicted molar refractivity (Wildman–Crippen MR) is 57.9 cm³/mol. The van der Waals surface area contributed by atoms with Crippen LogP contribution in [0.4, 0.5) is 0 Å². The first-order valence-electron chi connectivity index (χ1n) is 4.68. The van der Waals surface area contributed by atoms with E-state index in [2.05, 4.69) is 6.58 Å². The van der Waals surface area contributed by atoms with Crippen molar-refractivity contribution in [3.8, 4) is 0 Å². The van der Waals surface area contributed by atoms with Crippen LogP contribution < -0.4 is 0 Å². The van der Waals surface area contributed by atoms with E-state index in [1.165, 1.54) is 6.92 Å². The van der Waals surface area contributed by atoms with Gasteiger partial charge in [0.1, 0.15) is 0 Å². The molecule has 0 heterocycles.